The van der Waals surface area contributed by atoms with Crippen molar-refractivity contribution < 1.29 is 14.6 Å². The van der Waals surface area contributed by atoms with Crippen LogP contribution in [0, 0.1) is 17.8 Å². The van der Waals surface area contributed by atoms with Gasteiger partial charge in [-0.1, -0.05) is 47.2 Å². The molecule has 1 atom stereocenters. The van der Waals surface area contributed by atoms with E-state index >= 15 is 0 Å². The van der Waals surface area contributed by atoms with Crippen molar-refractivity contribution in [2.45, 2.75) is 29.9 Å². The number of piperidine rings is 3. The Labute approximate surface area is 151 Å². The third kappa shape index (κ3) is 3.87. The Balaban J connectivity index is 1.86. The first kappa shape index (κ1) is 17.6. The van der Waals surface area contributed by atoms with E-state index in [0.717, 1.165) is 25.9 Å². The van der Waals surface area contributed by atoms with Gasteiger partial charge in [0.25, 0.3) is 4.52 Å². The Hall–Kier alpha value is -1.25. The van der Waals surface area contributed by atoms with Crippen LogP contribution in [0.2, 0.25) is 0 Å². The van der Waals surface area contributed by atoms with Gasteiger partial charge in [-0.2, -0.15) is 0 Å². The molecule has 1 unspecified atom stereocenters. The van der Waals surface area contributed by atoms with Crippen LogP contribution in [0.5, 0.6) is 0 Å². The lowest BCUT2D eigenvalue weighted by molar-refractivity contribution is -0.0713. The zero-order valence-electron chi connectivity index (χ0n) is 13.4. The van der Waals surface area contributed by atoms with Gasteiger partial charge in [-0.25, -0.2) is 4.79 Å². The summed E-state index contributed by atoms with van der Waals surface area (Å²) in [6, 6.07) is 6.81. The van der Waals surface area contributed by atoms with Gasteiger partial charge in [0.1, 0.15) is 5.60 Å². The highest BCUT2D eigenvalue weighted by molar-refractivity contribution is 6.47. The first-order valence-electron chi connectivity index (χ1n) is 7.95. The number of fused-ring (bicyclic) bond motifs is 3. The summed E-state index contributed by atoms with van der Waals surface area (Å²) in [7, 11) is 0. The molecule has 3 heterocycles. The summed E-state index contributed by atoms with van der Waals surface area (Å²) >= 11 is 11.5. The maximum atomic E-state index is 12.2. The molecule has 0 spiro atoms. The van der Waals surface area contributed by atoms with Crippen molar-refractivity contribution in [2.24, 2.45) is 5.92 Å². The molecule has 6 heteroatoms. The fraction of sp³-hybridized carbons (Fsp3) is 0.500. The van der Waals surface area contributed by atoms with Gasteiger partial charge in [0.05, 0.1) is 5.56 Å². The third-order valence-electron chi connectivity index (χ3n) is 4.56. The van der Waals surface area contributed by atoms with Gasteiger partial charge in [-0.3, -0.25) is 4.90 Å². The zero-order chi connectivity index (χ0) is 17.4. The lowest BCUT2D eigenvalue weighted by Gasteiger charge is -2.47. The number of carbonyl (C=O) groups is 1. The van der Waals surface area contributed by atoms with Crippen molar-refractivity contribution >= 4 is 29.2 Å². The standard InChI is InChI=1S/C18H19Cl2NO3/c1-17(19,20)24-16(22)15-5-3-2-4-13(15)6-9-18(23)12-21-10-7-14(18)8-11-21/h2-5,14,23H,7-8,10-12H2,1H3. The van der Waals surface area contributed by atoms with Gasteiger partial charge >= 0.3 is 5.97 Å². The van der Waals surface area contributed by atoms with Crippen LogP contribution in [0.1, 0.15) is 35.7 Å². The Morgan fingerprint density at radius 1 is 1.38 bits per heavy atom. The molecule has 24 heavy (non-hydrogen) atoms. The number of ether oxygens (including phenoxy) is 1. The SMILES string of the molecule is CC(Cl)(Cl)OC(=O)c1ccccc1C#CC1(O)CN2CCC1CC2. The minimum atomic E-state index is -1.61. The molecule has 0 radical (unpaired) electrons. The van der Waals surface area contributed by atoms with Gasteiger partial charge < -0.3 is 9.84 Å². The van der Waals surface area contributed by atoms with Crippen molar-refractivity contribution in [3.05, 3.63) is 35.4 Å². The summed E-state index contributed by atoms with van der Waals surface area (Å²) in [5.74, 6) is 5.49. The zero-order valence-corrected chi connectivity index (χ0v) is 14.9. The van der Waals surface area contributed by atoms with E-state index in [1.54, 1.807) is 24.3 Å². The number of hydrogen-bond acceptors (Lipinski definition) is 4. The summed E-state index contributed by atoms with van der Waals surface area (Å²) in [6.07, 6.45) is 1.90. The Morgan fingerprint density at radius 2 is 2.04 bits per heavy atom. The second kappa shape index (κ2) is 6.57. The molecule has 3 saturated heterocycles. The summed E-state index contributed by atoms with van der Waals surface area (Å²) in [4.78, 5) is 14.4. The second-order valence-corrected chi connectivity index (χ2v) is 8.10. The predicted octanol–water partition coefficient (Wildman–Crippen LogP) is 2.80. The van der Waals surface area contributed by atoms with Crippen LogP contribution in [-0.2, 0) is 4.74 Å². The number of carbonyl (C=O) groups excluding carboxylic acids is 1. The molecule has 1 N–H and O–H groups in total. The number of alkyl halides is 2. The average molecular weight is 368 g/mol. The third-order valence-corrected chi connectivity index (χ3v) is 4.71. The molecular weight excluding hydrogens is 349 g/mol. The van der Waals surface area contributed by atoms with Crippen molar-refractivity contribution in [1.82, 2.24) is 4.90 Å². The minimum Gasteiger partial charge on any atom is -0.425 e. The average Bonchev–Trinajstić information content (AvgIpc) is 2.52. The number of hydrogen-bond donors (Lipinski definition) is 1. The van der Waals surface area contributed by atoms with E-state index in [2.05, 4.69) is 16.7 Å². The minimum absolute atomic E-state index is 0.183. The molecule has 128 valence electrons. The van der Waals surface area contributed by atoms with E-state index in [1.807, 2.05) is 0 Å². The monoisotopic (exact) mass is 367 g/mol. The summed E-state index contributed by atoms with van der Waals surface area (Å²) in [6.45, 7) is 3.96. The lowest BCUT2D eigenvalue weighted by Crippen LogP contribution is -2.58. The molecule has 0 aliphatic carbocycles. The number of benzene rings is 1. The van der Waals surface area contributed by atoms with E-state index in [1.165, 1.54) is 6.92 Å². The van der Waals surface area contributed by atoms with E-state index in [-0.39, 0.29) is 11.5 Å². The van der Waals surface area contributed by atoms with Gasteiger partial charge in [-0.15, -0.1) is 0 Å². The highest BCUT2D eigenvalue weighted by Crippen LogP contribution is 2.35. The topological polar surface area (TPSA) is 49.8 Å². The molecule has 0 aromatic heterocycles. The van der Waals surface area contributed by atoms with Crippen LogP contribution in [0.3, 0.4) is 0 Å². The fourth-order valence-electron chi connectivity index (χ4n) is 3.34. The smallest absolute Gasteiger partial charge is 0.342 e. The second-order valence-electron chi connectivity index (χ2n) is 6.47. The molecule has 0 amide bonds. The Morgan fingerprint density at radius 3 is 2.62 bits per heavy atom. The van der Waals surface area contributed by atoms with Crippen molar-refractivity contribution in [3.8, 4) is 11.8 Å². The first-order valence-corrected chi connectivity index (χ1v) is 8.70. The summed E-state index contributed by atoms with van der Waals surface area (Å²) in [5, 5.41) is 10.9. The normalized spacial score (nSPS) is 28.8. The first-order chi connectivity index (χ1) is 11.3. The van der Waals surface area contributed by atoms with E-state index < -0.39 is 16.1 Å². The molecule has 3 aliphatic rings. The van der Waals surface area contributed by atoms with Gasteiger partial charge in [0, 0.05) is 24.9 Å². The van der Waals surface area contributed by atoms with Crippen LogP contribution < -0.4 is 0 Å². The maximum Gasteiger partial charge on any atom is 0.342 e. The van der Waals surface area contributed by atoms with Crippen LogP contribution in [-0.4, -0.2) is 45.7 Å². The van der Waals surface area contributed by atoms with Gasteiger partial charge in [0.15, 0.2) is 0 Å². The highest BCUT2D eigenvalue weighted by atomic mass is 35.5. The van der Waals surface area contributed by atoms with Crippen molar-refractivity contribution in [2.75, 3.05) is 19.6 Å². The van der Waals surface area contributed by atoms with Crippen LogP contribution in [0.25, 0.3) is 0 Å². The maximum absolute atomic E-state index is 12.2. The van der Waals surface area contributed by atoms with Crippen LogP contribution in [0.4, 0.5) is 0 Å². The molecule has 1 aromatic carbocycles. The van der Waals surface area contributed by atoms with E-state index in [0.29, 0.717) is 12.1 Å². The molecular formula is C18H19Cl2NO3. The Kier molecular flexibility index (Phi) is 4.81. The number of aliphatic hydroxyl groups is 1. The van der Waals surface area contributed by atoms with Crippen molar-refractivity contribution in [1.29, 1.82) is 0 Å². The quantitative estimate of drug-likeness (QED) is 0.496. The number of nitrogens with zero attached hydrogens (tertiary/aromatic N) is 1. The number of halogens is 2. The van der Waals surface area contributed by atoms with Gasteiger partial charge in [0.2, 0.25) is 0 Å². The fourth-order valence-corrected chi connectivity index (χ4v) is 3.48. The van der Waals surface area contributed by atoms with E-state index in [4.69, 9.17) is 27.9 Å². The van der Waals surface area contributed by atoms with Crippen LogP contribution in [0.15, 0.2) is 24.3 Å². The molecule has 3 fully saturated rings. The van der Waals surface area contributed by atoms with Crippen LogP contribution >= 0.6 is 23.2 Å². The molecule has 0 saturated carbocycles. The lowest BCUT2D eigenvalue weighted by atomic mass is 9.75. The molecule has 3 aliphatic heterocycles. The summed E-state index contributed by atoms with van der Waals surface area (Å²) in [5.41, 5.74) is -0.256. The molecule has 4 nitrogen and oxygen atoms in total. The predicted molar refractivity (Wildman–Crippen MR) is 93.0 cm³/mol. The highest BCUT2D eigenvalue weighted by Gasteiger charge is 2.44. The summed E-state index contributed by atoms with van der Waals surface area (Å²) < 4.78 is 3.38. The largest absolute Gasteiger partial charge is 0.425 e. The molecule has 1 aromatic rings. The number of rotatable bonds is 2. The van der Waals surface area contributed by atoms with Crippen molar-refractivity contribution in [3.63, 3.8) is 0 Å². The Bertz CT molecular complexity index is 696. The molecule has 4 rings (SSSR count). The van der Waals surface area contributed by atoms with E-state index in [9.17, 15) is 9.90 Å². The number of esters is 1. The van der Waals surface area contributed by atoms with Gasteiger partial charge in [-0.05, 0) is 38.1 Å². The molecule has 2 bridgehead atoms.